The van der Waals surface area contributed by atoms with Crippen molar-refractivity contribution in [3.63, 3.8) is 0 Å². The first-order valence-electron chi connectivity index (χ1n) is 8.22. The monoisotopic (exact) mass is 322 g/mol. The molecule has 1 atom stereocenters. The lowest BCUT2D eigenvalue weighted by Crippen LogP contribution is -2.29. The van der Waals surface area contributed by atoms with Crippen LogP contribution in [0.4, 0.5) is 5.69 Å². The SMILES string of the molecule is CC(=O)N1CCc2cc(C(=O)N(C)C(C)c3ccccc3)ccc21. The number of carbonyl (C=O) groups is 2. The van der Waals surface area contributed by atoms with Crippen molar-refractivity contribution in [1.29, 1.82) is 0 Å². The van der Waals surface area contributed by atoms with Crippen molar-refractivity contribution in [2.24, 2.45) is 0 Å². The number of rotatable bonds is 3. The van der Waals surface area contributed by atoms with Crippen LogP contribution >= 0.6 is 0 Å². The number of carbonyl (C=O) groups excluding carboxylic acids is 2. The number of nitrogens with zero attached hydrogens (tertiary/aromatic N) is 2. The highest BCUT2D eigenvalue weighted by Crippen LogP contribution is 2.30. The number of benzene rings is 2. The van der Waals surface area contributed by atoms with Crippen LogP contribution in [0.5, 0.6) is 0 Å². The maximum Gasteiger partial charge on any atom is 0.254 e. The molecule has 3 rings (SSSR count). The fraction of sp³-hybridized carbons (Fsp3) is 0.300. The molecule has 0 fully saturated rings. The first-order chi connectivity index (χ1) is 11.5. The zero-order chi connectivity index (χ0) is 17.3. The summed E-state index contributed by atoms with van der Waals surface area (Å²) in [6.45, 7) is 4.29. The van der Waals surface area contributed by atoms with Gasteiger partial charge in [0.05, 0.1) is 6.04 Å². The Balaban J connectivity index is 1.82. The average Bonchev–Trinajstić information content (AvgIpc) is 3.04. The minimum atomic E-state index is -0.00423. The highest BCUT2D eigenvalue weighted by molar-refractivity contribution is 5.98. The summed E-state index contributed by atoms with van der Waals surface area (Å²) in [7, 11) is 1.83. The van der Waals surface area contributed by atoms with Gasteiger partial charge in [0.1, 0.15) is 0 Å². The van der Waals surface area contributed by atoms with Gasteiger partial charge in [0.2, 0.25) is 5.91 Å². The van der Waals surface area contributed by atoms with Crippen molar-refractivity contribution in [2.45, 2.75) is 26.3 Å². The summed E-state index contributed by atoms with van der Waals surface area (Å²) < 4.78 is 0. The van der Waals surface area contributed by atoms with Crippen molar-refractivity contribution in [3.05, 3.63) is 65.2 Å². The van der Waals surface area contributed by atoms with Crippen LogP contribution in [0.25, 0.3) is 0 Å². The van der Waals surface area contributed by atoms with Gasteiger partial charge < -0.3 is 9.80 Å². The topological polar surface area (TPSA) is 40.6 Å². The van der Waals surface area contributed by atoms with E-state index in [0.717, 1.165) is 23.2 Å². The summed E-state index contributed by atoms with van der Waals surface area (Å²) >= 11 is 0. The number of anilines is 1. The van der Waals surface area contributed by atoms with Crippen molar-refractivity contribution >= 4 is 17.5 Å². The van der Waals surface area contributed by atoms with Crippen molar-refractivity contribution in [3.8, 4) is 0 Å². The molecule has 4 nitrogen and oxygen atoms in total. The summed E-state index contributed by atoms with van der Waals surface area (Å²) in [5.74, 6) is 0.0399. The summed E-state index contributed by atoms with van der Waals surface area (Å²) in [4.78, 5) is 28.0. The van der Waals surface area contributed by atoms with E-state index in [9.17, 15) is 9.59 Å². The minimum Gasteiger partial charge on any atom is -0.335 e. The van der Waals surface area contributed by atoms with Crippen molar-refractivity contribution in [2.75, 3.05) is 18.5 Å². The largest absolute Gasteiger partial charge is 0.335 e. The molecular formula is C20H22N2O2. The van der Waals surface area contributed by atoms with Gasteiger partial charge in [0, 0.05) is 31.8 Å². The Hall–Kier alpha value is -2.62. The Morgan fingerprint density at radius 2 is 1.83 bits per heavy atom. The van der Waals surface area contributed by atoms with Gasteiger partial charge in [-0.1, -0.05) is 30.3 Å². The maximum absolute atomic E-state index is 12.8. The van der Waals surface area contributed by atoms with Crippen LogP contribution in [-0.4, -0.2) is 30.3 Å². The second-order valence-electron chi connectivity index (χ2n) is 6.27. The van der Waals surface area contributed by atoms with E-state index in [1.165, 1.54) is 0 Å². The number of hydrogen-bond donors (Lipinski definition) is 0. The molecule has 0 N–H and O–H groups in total. The van der Waals surface area contributed by atoms with Gasteiger partial charge in [-0.25, -0.2) is 0 Å². The van der Waals surface area contributed by atoms with Crippen LogP contribution in [0, 0.1) is 0 Å². The van der Waals surface area contributed by atoms with E-state index in [1.54, 1.807) is 16.7 Å². The molecule has 2 aromatic carbocycles. The fourth-order valence-corrected chi connectivity index (χ4v) is 3.20. The lowest BCUT2D eigenvalue weighted by atomic mass is 10.0. The second-order valence-corrected chi connectivity index (χ2v) is 6.27. The van der Waals surface area contributed by atoms with Gasteiger partial charge in [-0.15, -0.1) is 0 Å². The van der Waals surface area contributed by atoms with E-state index in [0.29, 0.717) is 12.1 Å². The van der Waals surface area contributed by atoms with E-state index < -0.39 is 0 Å². The molecule has 2 amide bonds. The number of fused-ring (bicyclic) bond motifs is 1. The Morgan fingerprint density at radius 3 is 2.50 bits per heavy atom. The lowest BCUT2D eigenvalue weighted by Gasteiger charge is -2.25. The number of amides is 2. The summed E-state index contributed by atoms with van der Waals surface area (Å²) in [5.41, 5.74) is 3.77. The third-order valence-corrected chi connectivity index (χ3v) is 4.79. The van der Waals surface area contributed by atoms with E-state index in [4.69, 9.17) is 0 Å². The normalized spacial score (nSPS) is 14.2. The Kier molecular flexibility index (Phi) is 4.38. The summed E-state index contributed by atoms with van der Waals surface area (Å²) in [6.07, 6.45) is 0.800. The van der Waals surface area contributed by atoms with E-state index in [-0.39, 0.29) is 17.9 Å². The van der Waals surface area contributed by atoms with Crippen LogP contribution in [0.15, 0.2) is 48.5 Å². The van der Waals surface area contributed by atoms with Crippen LogP contribution in [0.2, 0.25) is 0 Å². The maximum atomic E-state index is 12.8. The zero-order valence-electron chi connectivity index (χ0n) is 14.3. The number of hydrogen-bond acceptors (Lipinski definition) is 2. The zero-order valence-corrected chi connectivity index (χ0v) is 14.3. The molecule has 0 radical (unpaired) electrons. The third kappa shape index (κ3) is 2.92. The van der Waals surface area contributed by atoms with Gasteiger partial charge >= 0.3 is 0 Å². The third-order valence-electron chi connectivity index (χ3n) is 4.79. The van der Waals surface area contributed by atoms with Crippen LogP contribution < -0.4 is 4.90 Å². The molecule has 0 aromatic heterocycles. The summed E-state index contributed by atoms with van der Waals surface area (Å²) in [6, 6.07) is 15.6. The molecule has 0 aliphatic carbocycles. The molecule has 4 heteroatoms. The van der Waals surface area contributed by atoms with Crippen molar-refractivity contribution in [1.82, 2.24) is 4.90 Å². The quantitative estimate of drug-likeness (QED) is 0.868. The molecule has 24 heavy (non-hydrogen) atoms. The van der Waals surface area contributed by atoms with Crippen LogP contribution in [-0.2, 0) is 11.2 Å². The highest BCUT2D eigenvalue weighted by Gasteiger charge is 2.25. The molecule has 0 spiro atoms. The molecule has 2 aromatic rings. The minimum absolute atomic E-state index is 0.000623. The molecule has 1 aliphatic heterocycles. The fourth-order valence-electron chi connectivity index (χ4n) is 3.20. The predicted octanol–water partition coefficient (Wildman–Crippen LogP) is 3.43. The standard InChI is InChI=1S/C20H22N2O2/c1-14(16-7-5-4-6-8-16)21(3)20(24)18-9-10-19-17(13-18)11-12-22(19)15(2)23/h4-10,13-14H,11-12H2,1-3H3. The molecule has 0 bridgehead atoms. The molecule has 0 saturated carbocycles. The Labute approximate surface area is 142 Å². The average molecular weight is 322 g/mol. The van der Waals surface area contributed by atoms with E-state index >= 15 is 0 Å². The second kappa shape index (κ2) is 6.48. The summed E-state index contributed by atoms with van der Waals surface area (Å²) in [5, 5.41) is 0. The molecular weight excluding hydrogens is 300 g/mol. The van der Waals surface area contributed by atoms with E-state index in [2.05, 4.69) is 0 Å². The molecule has 1 aliphatic rings. The first kappa shape index (κ1) is 16.2. The van der Waals surface area contributed by atoms with Gasteiger partial charge in [0.25, 0.3) is 5.91 Å². The van der Waals surface area contributed by atoms with Crippen molar-refractivity contribution < 1.29 is 9.59 Å². The predicted molar refractivity (Wildman–Crippen MR) is 95.1 cm³/mol. The van der Waals surface area contributed by atoms with Gasteiger partial charge in [-0.05, 0) is 42.7 Å². The molecule has 1 unspecified atom stereocenters. The van der Waals surface area contributed by atoms with E-state index in [1.807, 2.05) is 62.5 Å². The molecule has 0 saturated heterocycles. The van der Waals surface area contributed by atoms with Gasteiger partial charge in [-0.3, -0.25) is 9.59 Å². The molecule has 124 valence electrons. The Morgan fingerprint density at radius 1 is 1.12 bits per heavy atom. The van der Waals surface area contributed by atoms with Gasteiger partial charge in [-0.2, -0.15) is 0 Å². The Bertz CT molecular complexity index is 770. The van der Waals surface area contributed by atoms with Crippen LogP contribution in [0.3, 0.4) is 0 Å². The van der Waals surface area contributed by atoms with Gasteiger partial charge in [0.15, 0.2) is 0 Å². The molecule has 1 heterocycles. The van der Waals surface area contributed by atoms with Crippen LogP contribution in [0.1, 0.15) is 41.4 Å². The lowest BCUT2D eigenvalue weighted by molar-refractivity contribution is -0.116. The highest BCUT2D eigenvalue weighted by atomic mass is 16.2. The first-order valence-corrected chi connectivity index (χ1v) is 8.22. The smallest absolute Gasteiger partial charge is 0.254 e.